The van der Waals surface area contributed by atoms with Crippen LogP contribution in [0.4, 0.5) is 5.69 Å². The molecule has 1 N–H and O–H groups in total. The molecule has 0 heterocycles. The second kappa shape index (κ2) is 6.13. The Hall–Kier alpha value is -1.71. The topological polar surface area (TPSA) is 49.8 Å². The summed E-state index contributed by atoms with van der Waals surface area (Å²) in [5, 5.41) is 9.17. The summed E-state index contributed by atoms with van der Waals surface area (Å²) in [7, 11) is 1.61. The number of rotatable bonds is 6. The Kier molecular flexibility index (Phi) is 4.82. The fraction of sp³-hybridized carbons (Fsp3) is 0.462. The third-order valence-electron chi connectivity index (χ3n) is 2.79. The number of carbonyl (C=O) groups is 1. The van der Waals surface area contributed by atoms with Gasteiger partial charge in [0.15, 0.2) is 0 Å². The van der Waals surface area contributed by atoms with Gasteiger partial charge in [-0.2, -0.15) is 0 Å². The van der Waals surface area contributed by atoms with Gasteiger partial charge in [0.2, 0.25) is 0 Å². The average Bonchev–Trinajstić information content (AvgIpc) is 2.35. The summed E-state index contributed by atoms with van der Waals surface area (Å²) in [6.07, 6.45) is 0.579. The summed E-state index contributed by atoms with van der Waals surface area (Å²) < 4.78 is 5.08. The highest BCUT2D eigenvalue weighted by Gasteiger charge is 2.22. The van der Waals surface area contributed by atoms with Crippen molar-refractivity contribution >= 4 is 11.7 Å². The average molecular weight is 237 g/mol. The maximum absolute atomic E-state index is 11.2. The van der Waals surface area contributed by atoms with Gasteiger partial charge < -0.3 is 14.7 Å². The number of carboxylic acid groups (broad SMARTS) is 1. The van der Waals surface area contributed by atoms with Crippen LogP contribution in [-0.4, -0.2) is 30.8 Å². The molecule has 94 valence electrons. The first-order valence-corrected chi connectivity index (χ1v) is 5.77. The summed E-state index contributed by atoms with van der Waals surface area (Å²) in [5.41, 5.74) is 0.905. The number of aliphatic carboxylic acids is 1. The van der Waals surface area contributed by atoms with Crippen molar-refractivity contribution in [3.63, 3.8) is 0 Å². The van der Waals surface area contributed by atoms with Crippen LogP contribution in [-0.2, 0) is 4.79 Å². The van der Waals surface area contributed by atoms with E-state index in [4.69, 9.17) is 4.74 Å². The molecular formula is C13H19NO3. The lowest BCUT2D eigenvalue weighted by atomic mass is 10.1. The summed E-state index contributed by atoms with van der Waals surface area (Å²) in [6, 6.07) is 6.97. The van der Waals surface area contributed by atoms with Crippen LogP contribution in [0.15, 0.2) is 24.3 Å². The van der Waals surface area contributed by atoms with E-state index in [1.807, 2.05) is 43.0 Å². The molecule has 0 aliphatic heterocycles. The van der Waals surface area contributed by atoms with Crippen molar-refractivity contribution in [2.24, 2.45) is 0 Å². The Labute approximate surface area is 102 Å². The SMILES string of the molecule is CC[C@H](C(=O)O)N(CC)c1ccc(OC)cc1. The largest absolute Gasteiger partial charge is 0.497 e. The first-order chi connectivity index (χ1) is 8.13. The molecular weight excluding hydrogens is 218 g/mol. The molecule has 0 bridgehead atoms. The number of methoxy groups -OCH3 is 1. The number of ether oxygens (including phenoxy) is 1. The molecule has 0 unspecified atom stereocenters. The van der Waals surface area contributed by atoms with Crippen molar-refractivity contribution in [3.05, 3.63) is 24.3 Å². The zero-order chi connectivity index (χ0) is 12.8. The van der Waals surface area contributed by atoms with Crippen molar-refractivity contribution in [2.45, 2.75) is 26.3 Å². The highest BCUT2D eigenvalue weighted by Crippen LogP contribution is 2.22. The number of carboxylic acids is 1. The molecule has 1 aromatic rings. The highest BCUT2D eigenvalue weighted by molar-refractivity contribution is 5.78. The van der Waals surface area contributed by atoms with Crippen LogP contribution in [0, 0.1) is 0 Å². The summed E-state index contributed by atoms with van der Waals surface area (Å²) >= 11 is 0. The summed E-state index contributed by atoms with van der Waals surface area (Å²) in [6.45, 7) is 4.50. The lowest BCUT2D eigenvalue weighted by Crippen LogP contribution is -2.40. The van der Waals surface area contributed by atoms with Crippen LogP contribution in [0.1, 0.15) is 20.3 Å². The summed E-state index contributed by atoms with van der Waals surface area (Å²) in [4.78, 5) is 13.0. The van der Waals surface area contributed by atoms with Crippen molar-refractivity contribution in [3.8, 4) is 5.75 Å². The number of likely N-dealkylation sites (N-methyl/N-ethyl adjacent to an activating group) is 1. The Morgan fingerprint density at radius 2 is 1.94 bits per heavy atom. The maximum atomic E-state index is 11.2. The van der Waals surface area contributed by atoms with Crippen molar-refractivity contribution in [2.75, 3.05) is 18.6 Å². The van der Waals surface area contributed by atoms with Crippen LogP contribution in [0.5, 0.6) is 5.75 Å². The van der Waals surface area contributed by atoms with E-state index in [0.29, 0.717) is 13.0 Å². The molecule has 0 spiro atoms. The van der Waals surface area contributed by atoms with E-state index in [1.165, 1.54) is 0 Å². The van der Waals surface area contributed by atoms with E-state index in [0.717, 1.165) is 11.4 Å². The van der Waals surface area contributed by atoms with E-state index in [-0.39, 0.29) is 0 Å². The third kappa shape index (κ3) is 3.12. The third-order valence-corrected chi connectivity index (χ3v) is 2.79. The Morgan fingerprint density at radius 1 is 1.35 bits per heavy atom. The molecule has 4 nitrogen and oxygen atoms in total. The Bertz CT molecular complexity index is 361. The Balaban J connectivity index is 2.95. The number of hydrogen-bond acceptors (Lipinski definition) is 3. The van der Waals surface area contributed by atoms with Crippen LogP contribution in [0.3, 0.4) is 0 Å². The lowest BCUT2D eigenvalue weighted by Gasteiger charge is -2.29. The van der Waals surface area contributed by atoms with Gasteiger partial charge in [-0.15, -0.1) is 0 Å². The van der Waals surface area contributed by atoms with Crippen LogP contribution < -0.4 is 9.64 Å². The normalized spacial score (nSPS) is 11.9. The number of anilines is 1. The molecule has 4 heteroatoms. The minimum absolute atomic E-state index is 0.478. The van der Waals surface area contributed by atoms with Gasteiger partial charge >= 0.3 is 5.97 Å². The van der Waals surface area contributed by atoms with Gasteiger partial charge in [0.1, 0.15) is 11.8 Å². The standard InChI is InChI=1S/C13H19NO3/c1-4-12(13(15)16)14(5-2)10-6-8-11(17-3)9-7-10/h6-9,12H,4-5H2,1-3H3,(H,15,16)/t12-/m1/s1. The molecule has 0 aliphatic carbocycles. The van der Waals surface area contributed by atoms with E-state index in [1.54, 1.807) is 7.11 Å². The fourth-order valence-corrected chi connectivity index (χ4v) is 1.88. The molecule has 1 aromatic carbocycles. The quantitative estimate of drug-likeness (QED) is 0.825. The predicted molar refractivity (Wildman–Crippen MR) is 67.7 cm³/mol. The smallest absolute Gasteiger partial charge is 0.326 e. The molecule has 0 aliphatic rings. The zero-order valence-corrected chi connectivity index (χ0v) is 10.5. The number of benzene rings is 1. The molecule has 0 aromatic heterocycles. The highest BCUT2D eigenvalue weighted by atomic mass is 16.5. The van der Waals surface area contributed by atoms with E-state index in [2.05, 4.69) is 0 Å². The van der Waals surface area contributed by atoms with Gasteiger partial charge in [-0.1, -0.05) is 6.92 Å². The van der Waals surface area contributed by atoms with Crippen molar-refractivity contribution in [1.82, 2.24) is 0 Å². The maximum Gasteiger partial charge on any atom is 0.326 e. The van der Waals surface area contributed by atoms with Gasteiger partial charge in [-0.25, -0.2) is 4.79 Å². The predicted octanol–water partition coefficient (Wildman–Crippen LogP) is 2.38. The first-order valence-electron chi connectivity index (χ1n) is 5.77. The molecule has 17 heavy (non-hydrogen) atoms. The second-order valence-electron chi connectivity index (χ2n) is 3.75. The van der Waals surface area contributed by atoms with Crippen molar-refractivity contribution < 1.29 is 14.6 Å². The molecule has 0 saturated heterocycles. The Morgan fingerprint density at radius 3 is 2.29 bits per heavy atom. The molecule has 0 amide bonds. The van der Waals surface area contributed by atoms with Gasteiger partial charge in [0.05, 0.1) is 7.11 Å². The summed E-state index contributed by atoms with van der Waals surface area (Å²) in [5.74, 6) is -0.0154. The van der Waals surface area contributed by atoms with Crippen LogP contribution in [0.25, 0.3) is 0 Å². The number of nitrogens with zero attached hydrogens (tertiary/aromatic N) is 1. The fourth-order valence-electron chi connectivity index (χ4n) is 1.88. The minimum atomic E-state index is -0.787. The molecule has 0 saturated carbocycles. The number of hydrogen-bond donors (Lipinski definition) is 1. The van der Waals surface area contributed by atoms with E-state index in [9.17, 15) is 9.90 Å². The first kappa shape index (κ1) is 13.4. The lowest BCUT2D eigenvalue weighted by molar-refractivity contribution is -0.138. The van der Waals surface area contributed by atoms with Gasteiger partial charge in [0.25, 0.3) is 0 Å². The zero-order valence-electron chi connectivity index (χ0n) is 10.5. The molecule has 0 radical (unpaired) electrons. The molecule has 1 rings (SSSR count). The van der Waals surface area contributed by atoms with Gasteiger partial charge in [-0.05, 0) is 37.6 Å². The van der Waals surface area contributed by atoms with Gasteiger partial charge in [-0.3, -0.25) is 0 Å². The van der Waals surface area contributed by atoms with Crippen LogP contribution in [0.2, 0.25) is 0 Å². The molecule has 0 fully saturated rings. The van der Waals surface area contributed by atoms with E-state index < -0.39 is 12.0 Å². The van der Waals surface area contributed by atoms with E-state index >= 15 is 0 Å². The van der Waals surface area contributed by atoms with Crippen LogP contribution >= 0.6 is 0 Å². The van der Waals surface area contributed by atoms with Crippen molar-refractivity contribution in [1.29, 1.82) is 0 Å². The second-order valence-corrected chi connectivity index (χ2v) is 3.75. The molecule has 1 atom stereocenters. The van der Waals surface area contributed by atoms with Gasteiger partial charge in [0, 0.05) is 12.2 Å². The minimum Gasteiger partial charge on any atom is -0.497 e. The monoisotopic (exact) mass is 237 g/mol.